The maximum atomic E-state index is 12.9. The summed E-state index contributed by atoms with van der Waals surface area (Å²) < 4.78 is 1.50. The summed E-state index contributed by atoms with van der Waals surface area (Å²) in [5.41, 5.74) is 1.48. The van der Waals surface area contributed by atoms with E-state index in [1.54, 1.807) is 18.9 Å². The first-order chi connectivity index (χ1) is 11.7. The third-order valence-electron chi connectivity index (χ3n) is 5.85. The molecule has 0 aromatic carbocycles. The molecule has 136 valence electrons. The van der Waals surface area contributed by atoms with Gasteiger partial charge >= 0.3 is 5.97 Å². The lowest BCUT2D eigenvalue weighted by molar-refractivity contribution is -0.139. The van der Waals surface area contributed by atoms with Gasteiger partial charge in [0, 0.05) is 32.4 Å². The molecule has 1 amide bonds. The number of nitrogens with one attached hydrogen (secondary N) is 1. The molecule has 7 heteroatoms. The van der Waals surface area contributed by atoms with E-state index in [4.69, 9.17) is 5.11 Å². The van der Waals surface area contributed by atoms with Gasteiger partial charge in [-0.3, -0.25) is 14.4 Å². The second-order valence-electron chi connectivity index (χ2n) is 7.48. The highest BCUT2D eigenvalue weighted by atomic mass is 16.4. The van der Waals surface area contributed by atoms with E-state index in [1.165, 1.54) is 4.57 Å². The van der Waals surface area contributed by atoms with Crippen LogP contribution in [0.3, 0.4) is 0 Å². The monoisotopic (exact) mass is 347 g/mol. The lowest BCUT2D eigenvalue weighted by Crippen LogP contribution is -2.46. The number of pyridine rings is 1. The largest absolute Gasteiger partial charge is 0.480 e. The summed E-state index contributed by atoms with van der Waals surface area (Å²) in [5.74, 6) is -1.03. The van der Waals surface area contributed by atoms with Crippen LogP contribution in [0.4, 0.5) is 0 Å². The number of carbonyl (C=O) groups excluding carboxylic acids is 1. The molecule has 0 saturated carbocycles. The first-order valence-electron chi connectivity index (χ1n) is 8.67. The number of nitrogens with zero attached hydrogens (tertiary/aromatic N) is 2. The van der Waals surface area contributed by atoms with Gasteiger partial charge in [-0.1, -0.05) is 0 Å². The molecule has 0 bridgehead atoms. The van der Waals surface area contributed by atoms with Gasteiger partial charge in [0.25, 0.3) is 11.5 Å². The van der Waals surface area contributed by atoms with Gasteiger partial charge in [-0.15, -0.1) is 0 Å². The van der Waals surface area contributed by atoms with Crippen LogP contribution in [0.1, 0.15) is 40.9 Å². The quantitative estimate of drug-likeness (QED) is 0.820. The van der Waals surface area contributed by atoms with Crippen LogP contribution in [0, 0.1) is 19.3 Å². The number of rotatable bonds is 2. The zero-order chi connectivity index (χ0) is 18.4. The number of likely N-dealkylation sites (tertiary alicyclic amines) is 1. The molecule has 3 heterocycles. The van der Waals surface area contributed by atoms with Crippen LogP contribution in [-0.4, -0.2) is 52.1 Å². The number of carbonyl (C=O) groups is 2. The minimum atomic E-state index is -0.811. The number of carboxylic acids is 1. The molecular weight excluding hydrogens is 322 g/mol. The molecule has 1 spiro atoms. The van der Waals surface area contributed by atoms with E-state index in [0.29, 0.717) is 31.6 Å². The van der Waals surface area contributed by atoms with Gasteiger partial charge in [0.05, 0.1) is 0 Å². The Balaban J connectivity index is 1.74. The Labute approximate surface area is 146 Å². The molecular formula is C18H25N3O4. The van der Waals surface area contributed by atoms with Gasteiger partial charge in [0.1, 0.15) is 11.6 Å². The molecule has 0 aliphatic carbocycles. The normalized spacial score (nSPS) is 22.4. The summed E-state index contributed by atoms with van der Waals surface area (Å²) in [6.45, 7) is 5.44. The summed E-state index contributed by atoms with van der Waals surface area (Å²) >= 11 is 0. The SMILES string of the molecule is Cc1cc(C)n(C)c(=O)c1C(=O)N1CCC2(CC1)CN[C@@H](C(=O)O)C2. The molecule has 1 aromatic rings. The predicted octanol–water partition coefficient (Wildman–Crippen LogP) is 0.671. The van der Waals surface area contributed by atoms with Gasteiger partial charge in [0.15, 0.2) is 0 Å². The lowest BCUT2D eigenvalue weighted by atomic mass is 9.76. The second kappa shape index (κ2) is 6.29. The van der Waals surface area contributed by atoms with Crippen LogP contribution < -0.4 is 10.9 Å². The van der Waals surface area contributed by atoms with Crippen LogP contribution in [0.25, 0.3) is 0 Å². The fourth-order valence-corrected chi connectivity index (χ4v) is 4.05. The molecule has 2 aliphatic heterocycles. The maximum Gasteiger partial charge on any atom is 0.320 e. The summed E-state index contributed by atoms with van der Waals surface area (Å²) in [5, 5.41) is 12.2. The van der Waals surface area contributed by atoms with E-state index >= 15 is 0 Å². The standard InChI is InChI=1S/C18H25N3O4/c1-11-8-12(2)20(3)15(22)14(11)16(23)21-6-4-18(5-7-21)9-13(17(24)25)19-10-18/h8,13,19H,4-7,9-10H2,1-3H3,(H,24,25)/t13-/m1/s1. The Bertz CT molecular complexity index is 775. The molecule has 0 radical (unpaired) electrons. The van der Waals surface area contributed by atoms with Crippen molar-refractivity contribution in [3.05, 3.63) is 33.2 Å². The molecule has 1 atom stereocenters. The minimum absolute atomic E-state index is 0.0485. The molecule has 1 aromatic heterocycles. The Morgan fingerprint density at radius 1 is 1.28 bits per heavy atom. The number of aryl methyl sites for hydroxylation is 2. The first-order valence-corrected chi connectivity index (χ1v) is 8.67. The number of aromatic nitrogens is 1. The molecule has 0 unspecified atom stereocenters. The van der Waals surface area contributed by atoms with Crippen molar-refractivity contribution in [2.45, 2.75) is 39.2 Å². The number of carboxylic acid groups (broad SMARTS) is 1. The molecule has 7 nitrogen and oxygen atoms in total. The van der Waals surface area contributed by atoms with Crippen LogP contribution in [-0.2, 0) is 11.8 Å². The van der Waals surface area contributed by atoms with Gasteiger partial charge in [-0.25, -0.2) is 0 Å². The number of hydrogen-bond acceptors (Lipinski definition) is 4. The average molecular weight is 347 g/mol. The Hall–Kier alpha value is -2.15. The highest BCUT2D eigenvalue weighted by molar-refractivity contribution is 5.95. The molecule has 2 aliphatic rings. The first kappa shape index (κ1) is 17.7. The van der Waals surface area contributed by atoms with Gasteiger partial charge < -0.3 is 19.9 Å². The van der Waals surface area contributed by atoms with Crippen LogP contribution in [0.15, 0.2) is 10.9 Å². The predicted molar refractivity (Wildman–Crippen MR) is 92.8 cm³/mol. The van der Waals surface area contributed by atoms with Crippen molar-refractivity contribution in [2.24, 2.45) is 12.5 Å². The Kier molecular flexibility index (Phi) is 4.45. The van der Waals surface area contributed by atoms with Crippen molar-refractivity contribution in [3.63, 3.8) is 0 Å². The van der Waals surface area contributed by atoms with Crippen molar-refractivity contribution in [2.75, 3.05) is 19.6 Å². The summed E-state index contributed by atoms with van der Waals surface area (Å²) in [4.78, 5) is 38.3. The van der Waals surface area contributed by atoms with Crippen molar-refractivity contribution < 1.29 is 14.7 Å². The van der Waals surface area contributed by atoms with Crippen LogP contribution in [0.2, 0.25) is 0 Å². The smallest absolute Gasteiger partial charge is 0.320 e. The Morgan fingerprint density at radius 3 is 2.48 bits per heavy atom. The highest BCUT2D eigenvalue weighted by Gasteiger charge is 2.44. The number of amides is 1. The highest BCUT2D eigenvalue weighted by Crippen LogP contribution is 2.39. The molecule has 25 heavy (non-hydrogen) atoms. The topological polar surface area (TPSA) is 91.6 Å². The number of hydrogen-bond donors (Lipinski definition) is 2. The van der Waals surface area contributed by atoms with E-state index in [2.05, 4.69) is 5.32 Å². The number of aliphatic carboxylic acids is 1. The van der Waals surface area contributed by atoms with Gasteiger partial charge in [-0.2, -0.15) is 0 Å². The third-order valence-corrected chi connectivity index (χ3v) is 5.85. The zero-order valence-electron chi connectivity index (χ0n) is 15.0. The second-order valence-corrected chi connectivity index (χ2v) is 7.48. The summed E-state index contributed by atoms with van der Waals surface area (Å²) in [6, 6.07) is 1.37. The maximum absolute atomic E-state index is 12.9. The third kappa shape index (κ3) is 3.08. The number of piperidine rings is 1. The summed E-state index contributed by atoms with van der Waals surface area (Å²) in [7, 11) is 1.68. The van der Waals surface area contributed by atoms with Crippen molar-refractivity contribution in [3.8, 4) is 0 Å². The summed E-state index contributed by atoms with van der Waals surface area (Å²) in [6.07, 6.45) is 2.14. The van der Waals surface area contributed by atoms with Gasteiger partial charge in [0.2, 0.25) is 0 Å². The van der Waals surface area contributed by atoms with Crippen LogP contribution in [0.5, 0.6) is 0 Å². The Morgan fingerprint density at radius 2 is 1.92 bits per heavy atom. The van der Waals surface area contributed by atoms with Crippen molar-refractivity contribution >= 4 is 11.9 Å². The van der Waals surface area contributed by atoms with Crippen molar-refractivity contribution in [1.82, 2.24) is 14.8 Å². The van der Waals surface area contributed by atoms with E-state index in [0.717, 1.165) is 18.5 Å². The van der Waals surface area contributed by atoms with Crippen molar-refractivity contribution in [1.29, 1.82) is 0 Å². The van der Waals surface area contributed by atoms with E-state index in [-0.39, 0.29) is 22.4 Å². The fraction of sp³-hybridized carbons (Fsp3) is 0.611. The fourth-order valence-electron chi connectivity index (χ4n) is 4.05. The van der Waals surface area contributed by atoms with E-state index in [9.17, 15) is 14.4 Å². The average Bonchev–Trinajstić information content (AvgIpc) is 2.97. The van der Waals surface area contributed by atoms with E-state index in [1.807, 2.05) is 13.0 Å². The lowest BCUT2D eigenvalue weighted by Gasteiger charge is -2.39. The minimum Gasteiger partial charge on any atom is -0.480 e. The van der Waals surface area contributed by atoms with Gasteiger partial charge in [-0.05, 0) is 50.2 Å². The molecule has 2 fully saturated rings. The zero-order valence-corrected chi connectivity index (χ0v) is 15.0. The molecule has 2 saturated heterocycles. The molecule has 3 rings (SSSR count). The molecule has 2 N–H and O–H groups in total. The van der Waals surface area contributed by atoms with E-state index < -0.39 is 12.0 Å². The van der Waals surface area contributed by atoms with Crippen LogP contribution >= 0.6 is 0 Å².